The Balaban J connectivity index is 2.35. The smallest absolute Gasteiger partial charge is 0.270 e. The number of benzene rings is 1. The van der Waals surface area contributed by atoms with E-state index in [1.807, 2.05) is 5.38 Å². The first-order chi connectivity index (χ1) is 10.5. The molecule has 1 aromatic carbocycles. The molecule has 0 aliphatic heterocycles. The lowest BCUT2D eigenvalue weighted by atomic mass is 10.2. The third kappa shape index (κ3) is 3.25. The minimum Gasteiger partial charge on any atom is -0.270 e. The lowest BCUT2D eigenvalue weighted by Crippen LogP contribution is -2.02. The highest BCUT2D eigenvalue weighted by atomic mass is 32.1. The molecule has 0 fully saturated rings. The third-order valence-electron chi connectivity index (χ3n) is 2.57. The standard InChI is InChI=1S/C13H8N4O4S/c1-2-10(13-4-3-7-22-13)14-15-11-6-5-9(16(18)19)8-12(11)17(20)21/h1,3-8,15H. The molecule has 1 aromatic heterocycles. The number of nitro benzene ring substituents is 2. The fraction of sp³-hybridized carbons (Fsp3) is 0. The highest BCUT2D eigenvalue weighted by Crippen LogP contribution is 2.29. The largest absolute Gasteiger partial charge is 0.301 e. The van der Waals surface area contributed by atoms with Crippen LogP contribution in [0.25, 0.3) is 0 Å². The van der Waals surface area contributed by atoms with Gasteiger partial charge in [-0.05, 0) is 23.4 Å². The fourth-order valence-corrected chi connectivity index (χ4v) is 2.24. The zero-order valence-corrected chi connectivity index (χ0v) is 11.7. The molecule has 2 aromatic rings. The summed E-state index contributed by atoms with van der Waals surface area (Å²) in [5, 5.41) is 27.4. The number of nitro groups is 2. The molecule has 0 amide bonds. The first kappa shape index (κ1) is 15.1. The first-order valence-electron chi connectivity index (χ1n) is 5.80. The van der Waals surface area contributed by atoms with Crippen molar-refractivity contribution in [2.24, 2.45) is 5.10 Å². The second-order valence-corrected chi connectivity index (χ2v) is 4.86. The predicted octanol–water partition coefficient (Wildman–Crippen LogP) is 3.01. The molecular weight excluding hydrogens is 308 g/mol. The van der Waals surface area contributed by atoms with Crippen LogP contribution in [0, 0.1) is 32.6 Å². The van der Waals surface area contributed by atoms with Gasteiger partial charge in [0.05, 0.1) is 20.8 Å². The average molecular weight is 316 g/mol. The molecule has 1 N–H and O–H groups in total. The van der Waals surface area contributed by atoms with Crippen LogP contribution in [0.5, 0.6) is 0 Å². The van der Waals surface area contributed by atoms with E-state index in [-0.39, 0.29) is 17.1 Å². The summed E-state index contributed by atoms with van der Waals surface area (Å²) in [7, 11) is 0. The number of nitrogens with zero attached hydrogens (tertiary/aromatic N) is 3. The number of hydrogen-bond donors (Lipinski definition) is 1. The SMILES string of the molecule is C#CC(=NNc1ccc([N+](=O)[O-])cc1[N+](=O)[O-])c1cccs1. The minimum atomic E-state index is -0.731. The van der Waals surface area contributed by atoms with Gasteiger partial charge in [-0.25, -0.2) is 0 Å². The van der Waals surface area contributed by atoms with Gasteiger partial charge < -0.3 is 0 Å². The molecule has 0 bridgehead atoms. The molecule has 0 saturated heterocycles. The van der Waals surface area contributed by atoms with Crippen molar-refractivity contribution < 1.29 is 9.85 Å². The van der Waals surface area contributed by atoms with E-state index in [0.717, 1.165) is 17.0 Å². The zero-order chi connectivity index (χ0) is 16.1. The van der Waals surface area contributed by atoms with Gasteiger partial charge in [0.1, 0.15) is 11.4 Å². The van der Waals surface area contributed by atoms with Crippen molar-refractivity contribution in [3.8, 4) is 12.3 Å². The van der Waals surface area contributed by atoms with Crippen LogP contribution in [0.2, 0.25) is 0 Å². The van der Waals surface area contributed by atoms with Gasteiger partial charge in [0, 0.05) is 6.07 Å². The van der Waals surface area contributed by atoms with Crippen molar-refractivity contribution in [3.05, 3.63) is 60.8 Å². The second kappa shape index (κ2) is 6.47. The van der Waals surface area contributed by atoms with Gasteiger partial charge in [0.2, 0.25) is 0 Å². The van der Waals surface area contributed by atoms with Gasteiger partial charge >= 0.3 is 5.69 Å². The summed E-state index contributed by atoms with van der Waals surface area (Å²) in [6, 6.07) is 6.77. The molecule has 0 unspecified atom stereocenters. The van der Waals surface area contributed by atoms with Gasteiger partial charge in [0.25, 0.3) is 5.69 Å². The molecule has 0 aliphatic carbocycles. The van der Waals surface area contributed by atoms with Crippen LogP contribution in [0.1, 0.15) is 4.88 Å². The van der Waals surface area contributed by atoms with E-state index >= 15 is 0 Å². The van der Waals surface area contributed by atoms with Crippen LogP contribution < -0.4 is 5.43 Å². The summed E-state index contributed by atoms with van der Waals surface area (Å²) in [6.07, 6.45) is 5.35. The van der Waals surface area contributed by atoms with E-state index in [0.29, 0.717) is 0 Å². The molecule has 8 nitrogen and oxygen atoms in total. The molecule has 0 aliphatic rings. The number of hydrogen-bond acceptors (Lipinski definition) is 7. The second-order valence-electron chi connectivity index (χ2n) is 3.91. The molecule has 0 radical (unpaired) electrons. The Bertz CT molecular complexity index is 793. The average Bonchev–Trinajstić information content (AvgIpc) is 3.02. The van der Waals surface area contributed by atoms with E-state index in [4.69, 9.17) is 6.42 Å². The quantitative estimate of drug-likeness (QED) is 0.394. The summed E-state index contributed by atoms with van der Waals surface area (Å²) in [4.78, 5) is 20.9. The van der Waals surface area contributed by atoms with Crippen molar-refractivity contribution in [2.75, 3.05) is 5.43 Å². The maximum absolute atomic E-state index is 11.0. The molecule has 0 saturated carbocycles. The number of rotatable bonds is 5. The summed E-state index contributed by atoms with van der Waals surface area (Å²) in [5.41, 5.74) is 1.95. The van der Waals surface area contributed by atoms with Crippen LogP contribution >= 0.6 is 11.3 Å². The van der Waals surface area contributed by atoms with Crippen molar-refractivity contribution in [3.63, 3.8) is 0 Å². The lowest BCUT2D eigenvalue weighted by Gasteiger charge is -2.03. The number of anilines is 1. The number of hydrazone groups is 1. The lowest BCUT2D eigenvalue weighted by molar-refractivity contribution is -0.393. The van der Waals surface area contributed by atoms with Gasteiger partial charge in [-0.2, -0.15) is 5.10 Å². The number of thiophene rings is 1. The maximum Gasteiger partial charge on any atom is 0.301 e. The van der Waals surface area contributed by atoms with Gasteiger partial charge in [0.15, 0.2) is 0 Å². The van der Waals surface area contributed by atoms with E-state index in [1.54, 1.807) is 12.1 Å². The Labute approximate surface area is 128 Å². The van der Waals surface area contributed by atoms with Gasteiger partial charge in [-0.3, -0.25) is 25.7 Å². The number of non-ortho nitro benzene ring substituents is 1. The molecule has 110 valence electrons. The monoisotopic (exact) mass is 316 g/mol. The van der Waals surface area contributed by atoms with Crippen LogP contribution in [-0.2, 0) is 0 Å². The first-order valence-corrected chi connectivity index (χ1v) is 6.68. The Hall–Kier alpha value is -3.25. The Morgan fingerprint density at radius 1 is 1.27 bits per heavy atom. The molecule has 1 heterocycles. The third-order valence-corrected chi connectivity index (χ3v) is 3.44. The van der Waals surface area contributed by atoms with E-state index < -0.39 is 15.5 Å². The van der Waals surface area contributed by atoms with Crippen LogP contribution in [-0.4, -0.2) is 15.6 Å². The Morgan fingerprint density at radius 3 is 2.59 bits per heavy atom. The molecule has 0 spiro atoms. The summed E-state index contributed by atoms with van der Waals surface area (Å²) < 4.78 is 0. The summed E-state index contributed by atoms with van der Waals surface area (Å²) >= 11 is 1.37. The van der Waals surface area contributed by atoms with Crippen molar-refractivity contribution in [2.45, 2.75) is 0 Å². The van der Waals surface area contributed by atoms with Crippen LogP contribution in [0.15, 0.2) is 40.8 Å². The molecular formula is C13H8N4O4S. The minimum absolute atomic E-state index is 0.0138. The van der Waals surface area contributed by atoms with Crippen molar-refractivity contribution in [1.82, 2.24) is 0 Å². The predicted molar refractivity (Wildman–Crippen MR) is 83.1 cm³/mol. The molecule has 2 rings (SSSR count). The van der Waals surface area contributed by atoms with Gasteiger partial charge in [-0.1, -0.05) is 6.07 Å². The Kier molecular flexibility index (Phi) is 4.45. The van der Waals surface area contributed by atoms with Gasteiger partial charge in [-0.15, -0.1) is 17.8 Å². The summed E-state index contributed by atoms with van der Waals surface area (Å²) in [5.74, 6) is 2.37. The number of terminal acetylenes is 1. The number of nitrogens with one attached hydrogen (secondary N) is 1. The molecule has 0 atom stereocenters. The molecule has 22 heavy (non-hydrogen) atoms. The fourth-order valence-electron chi connectivity index (χ4n) is 1.57. The normalized spacial score (nSPS) is 10.8. The maximum atomic E-state index is 11.0. The highest BCUT2D eigenvalue weighted by Gasteiger charge is 2.19. The highest BCUT2D eigenvalue weighted by molar-refractivity contribution is 7.12. The zero-order valence-electron chi connectivity index (χ0n) is 10.9. The summed E-state index contributed by atoms with van der Waals surface area (Å²) in [6.45, 7) is 0. The molecule has 9 heteroatoms. The topological polar surface area (TPSA) is 111 Å². The van der Waals surface area contributed by atoms with Crippen molar-refractivity contribution >= 4 is 34.1 Å². The van der Waals surface area contributed by atoms with E-state index in [1.165, 1.54) is 17.4 Å². The van der Waals surface area contributed by atoms with Crippen molar-refractivity contribution in [1.29, 1.82) is 0 Å². The van der Waals surface area contributed by atoms with E-state index in [2.05, 4.69) is 16.4 Å². The Morgan fingerprint density at radius 2 is 2.05 bits per heavy atom. The van der Waals surface area contributed by atoms with Crippen LogP contribution in [0.4, 0.5) is 17.1 Å². The van der Waals surface area contributed by atoms with E-state index in [9.17, 15) is 20.2 Å². The van der Waals surface area contributed by atoms with Crippen LogP contribution in [0.3, 0.4) is 0 Å².